The Morgan fingerprint density at radius 3 is 2.22 bits per heavy atom. The van der Waals surface area contributed by atoms with Crippen LogP contribution in [0.3, 0.4) is 0 Å². The van der Waals surface area contributed by atoms with E-state index in [1.165, 1.54) is 35.9 Å². The first-order valence-corrected chi connectivity index (χ1v) is 15.2. The number of aliphatic hydroxyl groups is 1. The summed E-state index contributed by atoms with van der Waals surface area (Å²) in [7, 11) is 2.99. The number of nitrogens with zero attached hydrogens (tertiary/aromatic N) is 2. The fourth-order valence-corrected chi connectivity index (χ4v) is 5.53. The van der Waals surface area contributed by atoms with Gasteiger partial charge in [-0.2, -0.15) is 0 Å². The van der Waals surface area contributed by atoms with Crippen molar-refractivity contribution < 1.29 is 28.3 Å². The number of rotatable bonds is 13. The van der Waals surface area contributed by atoms with Crippen molar-refractivity contribution in [3.8, 4) is 0 Å². The molecule has 4 N–H and O–H groups in total. The van der Waals surface area contributed by atoms with E-state index in [0.717, 1.165) is 47.7 Å². The Morgan fingerprint density at radius 1 is 0.933 bits per heavy atom. The second-order valence-corrected chi connectivity index (χ2v) is 12.2. The molecule has 3 aromatic carbocycles. The van der Waals surface area contributed by atoms with E-state index in [0.29, 0.717) is 12.0 Å². The second-order valence-electron chi connectivity index (χ2n) is 12.2. The molecule has 1 saturated carbocycles. The van der Waals surface area contributed by atoms with Gasteiger partial charge in [-0.05, 0) is 72.7 Å². The number of hydrogen-bond acceptors (Lipinski definition) is 5. The summed E-state index contributed by atoms with van der Waals surface area (Å²) in [6.45, 7) is 1.44. The standard InChI is InChI=1S/C35H42F2N4O4/c1-23(42)22-39-33(44)30(20-25-12-14-28(36)29(37)19-25)41(3)34(45)31(21-24-11-13-26-8-4-5-9-27(26)18-24)40(2)32(43)10-6-15-35(38)16-7-17-35/h4-6,8-14,18-19,23,30-31,42H,7,15-17,20-22,38H2,1-3H3,(H,39,44)/b10-6+/t23-,30-,31-/m1/s1. The molecule has 0 radical (unpaired) electrons. The first-order valence-electron chi connectivity index (χ1n) is 15.2. The molecule has 0 spiro atoms. The highest BCUT2D eigenvalue weighted by atomic mass is 19.2. The second kappa shape index (κ2) is 14.8. The van der Waals surface area contributed by atoms with Gasteiger partial charge in [-0.25, -0.2) is 8.78 Å². The van der Waals surface area contributed by atoms with Crippen molar-refractivity contribution in [1.82, 2.24) is 15.1 Å². The maximum absolute atomic E-state index is 14.3. The number of fused-ring (bicyclic) bond motifs is 1. The third-order valence-corrected chi connectivity index (χ3v) is 8.58. The molecule has 0 aliphatic heterocycles. The Kier molecular flexibility index (Phi) is 11.1. The van der Waals surface area contributed by atoms with Crippen LogP contribution in [0.5, 0.6) is 0 Å². The zero-order valence-electron chi connectivity index (χ0n) is 26.0. The highest BCUT2D eigenvalue weighted by Crippen LogP contribution is 2.32. The number of likely N-dealkylation sites (N-methyl/N-ethyl adjacent to an activating group) is 2. The summed E-state index contributed by atoms with van der Waals surface area (Å²) >= 11 is 0. The third-order valence-electron chi connectivity index (χ3n) is 8.58. The number of hydrogen-bond donors (Lipinski definition) is 3. The molecule has 10 heteroatoms. The fraction of sp³-hybridized carbons (Fsp3) is 0.400. The van der Waals surface area contributed by atoms with E-state index < -0.39 is 41.6 Å². The van der Waals surface area contributed by atoms with Gasteiger partial charge < -0.3 is 26.0 Å². The number of amides is 3. The lowest BCUT2D eigenvalue weighted by Crippen LogP contribution is -2.56. The predicted molar refractivity (Wildman–Crippen MR) is 170 cm³/mol. The number of aliphatic hydroxyl groups excluding tert-OH is 1. The molecular weight excluding hydrogens is 578 g/mol. The van der Waals surface area contributed by atoms with Crippen LogP contribution in [-0.4, -0.2) is 77.0 Å². The van der Waals surface area contributed by atoms with Crippen LogP contribution in [0, 0.1) is 11.6 Å². The van der Waals surface area contributed by atoms with Crippen molar-refractivity contribution in [2.24, 2.45) is 5.73 Å². The number of benzene rings is 3. The number of carbonyl (C=O) groups is 3. The summed E-state index contributed by atoms with van der Waals surface area (Å²) in [5.74, 6) is -3.58. The van der Waals surface area contributed by atoms with E-state index in [1.54, 1.807) is 13.1 Å². The highest BCUT2D eigenvalue weighted by molar-refractivity contribution is 5.95. The summed E-state index contributed by atoms with van der Waals surface area (Å²) in [5, 5.41) is 14.4. The number of nitrogens with one attached hydrogen (secondary N) is 1. The maximum atomic E-state index is 14.3. The Bertz CT molecular complexity index is 1560. The largest absolute Gasteiger partial charge is 0.392 e. The van der Waals surface area contributed by atoms with Gasteiger partial charge in [0.1, 0.15) is 12.1 Å². The summed E-state index contributed by atoms with van der Waals surface area (Å²) in [5.41, 5.74) is 7.13. The van der Waals surface area contributed by atoms with Crippen LogP contribution >= 0.6 is 0 Å². The Labute approximate surface area is 262 Å². The fourth-order valence-electron chi connectivity index (χ4n) is 5.53. The van der Waals surface area contributed by atoms with E-state index in [-0.39, 0.29) is 30.8 Å². The zero-order chi connectivity index (χ0) is 32.7. The number of nitrogens with two attached hydrogens (primary N) is 1. The first kappa shape index (κ1) is 33.7. The lowest BCUT2D eigenvalue weighted by atomic mass is 9.75. The van der Waals surface area contributed by atoms with Gasteiger partial charge in [-0.3, -0.25) is 14.4 Å². The minimum Gasteiger partial charge on any atom is -0.392 e. The van der Waals surface area contributed by atoms with Crippen LogP contribution in [0.15, 0.2) is 72.8 Å². The first-order chi connectivity index (χ1) is 21.4. The lowest BCUT2D eigenvalue weighted by Gasteiger charge is -2.37. The molecule has 4 rings (SSSR count). The van der Waals surface area contributed by atoms with Gasteiger partial charge in [0, 0.05) is 39.0 Å². The highest BCUT2D eigenvalue weighted by Gasteiger charge is 2.35. The van der Waals surface area contributed by atoms with Gasteiger partial charge in [0.2, 0.25) is 17.7 Å². The molecule has 0 unspecified atom stereocenters. The van der Waals surface area contributed by atoms with Crippen molar-refractivity contribution >= 4 is 28.5 Å². The average molecular weight is 621 g/mol. The van der Waals surface area contributed by atoms with Crippen molar-refractivity contribution in [1.29, 1.82) is 0 Å². The lowest BCUT2D eigenvalue weighted by molar-refractivity contribution is -0.146. The summed E-state index contributed by atoms with van der Waals surface area (Å²) in [4.78, 5) is 43.6. The maximum Gasteiger partial charge on any atom is 0.246 e. The van der Waals surface area contributed by atoms with Gasteiger partial charge in [-0.1, -0.05) is 54.6 Å². The third kappa shape index (κ3) is 8.73. The van der Waals surface area contributed by atoms with Gasteiger partial charge in [-0.15, -0.1) is 0 Å². The van der Waals surface area contributed by atoms with Gasteiger partial charge in [0.25, 0.3) is 0 Å². The van der Waals surface area contributed by atoms with E-state index in [2.05, 4.69) is 5.32 Å². The molecule has 1 aliphatic rings. The van der Waals surface area contributed by atoms with Crippen LogP contribution in [-0.2, 0) is 27.2 Å². The topological polar surface area (TPSA) is 116 Å². The van der Waals surface area contributed by atoms with Crippen molar-refractivity contribution in [2.75, 3.05) is 20.6 Å². The molecule has 1 fully saturated rings. The zero-order valence-corrected chi connectivity index (χ0v) is 26.0. The van der Waals surface area contributed by atoms with Crippen LogP contribution in [0.25, 0.3) is 10.8 Å². The van der Waals surface area contributed by atoms with Crippen molar-refractivity contribution in [3.05, 3.63) is 95.6 Å². The van der Waals surface area contributed by atoms with E-state index in [1.807, 2.05) is 42.5 Å². The Hall–Kier alpha value is -4.15. The monoisotopic (exact) mass is 620 g/mol. The Morgan fingerprint density at radius 2 is 1.58 bits per heavy atom. The van der Waals surface area contributed by atoms with E-state index in [4.69, 9.17) is 5.73 Å². The smallest absolute Gasteiger partial charge is 0.246 e. The summed E-state index contributed by atoms with van der Waals surface area (Å²) in [6.07, 6.45) is 5.78. The molecule has 45 heavy (non-hydrogen) atoms. The van der Waals surface area contributed by atoms with E-state index >= 15 is 0 Å². The minimum atomic E-state index is -1.14. The van der Waals surface area contributed by atoms with Crippen LogP contribution < -0.4 is 11.1 Å². The predicted octanol–water partition coefficient (Wildman–Crippen LogP) is 3.88. The molecule has 0 heterocycles. The van der Waals surface area contributed by atoms with Gasteiger partial charge in [0.05, 0.1) is 6.10 Å². The molecule has 0 aromatic heterocycles. The van der Waals surface area contributed by atoms with Crippen LogP contribution in [0.4, 0.5) is 8.78 Å². The average Bonchev–Trinajstić information content (AvgIpc) is 3.00. The quantitative estimate of drug-likeness (QED) is 0.251. The molecule has 240 valence electrons. The number of carbonyl (C=O) groups excluding carboxylic acids is 3. The van der Waals surface area contributed by atoms with Crippen LogP contribution in [0.1, 0.15) is 43.7 Å². The number of halogens is 2. The van der Waals surface area contributed by atoms with Gasteiger partial charge >= 0.3 is 0 Å². The molecule has 1 aliphatic carbocycles. The molecule has 8 nitrogen and oxygen atoms in total. The van der Waals surface area contributed by atoms with Crippen molar-refractivity contribution in [2.45, 2.75) is 69.2 Å². The van der Waals surface area contributed by atoms with Gasteiger partial charge in [0.15, 0.2) is 11.6 Å². The molecular formula is C35H42F2N4O4. The normalized spacial score (nSPS) is 16.1. The summed E-state index contributed by atoms with van der Waals surface area (Å²) in [6, 6.07) is 14.8. The molecule has 3 amide bonds. The molecule has 0 saturated heterocycles. The van der Waals surface area contributed by atoms with Crippen LogP contribution in [0.2, 0.25) is 0 Å². The van der Waals surface area contributed by atoms with Crippen molar-refractivity contribution in [3.63, 3.8) is 0 Å². The molecule has 3 atom stereocenters. The minimum absolute atomic E-state index is 0.0680. The summed E-state index contributed by atoms with van der Waals surface area (Å²) < 4.78 is 27.7. The molecule has 3 aromatic rings. The van der Waals surface area contributed by atoms with E-state index in [9.17, 15) is 28.3 Å². The Balaban J connectivity index is 1.64. The SMILES string of the molecule is C[C@@H](O)CNC(=O)[C@@H](Cc1ccc(F)c(F)c1)N(C)C(=O)[C@@H](Cc1ccc2ccccc2c1)N(C)C(=O)/C=C/CC1(N)CCC1. The molecule has 0 bridgehead atoms.